The van der Waals surface area contributed by atoms with Crippen molar-refractivity contribution in [3.63, 3.8) is 0 Å². The molecular weight excluding hydrogens is 296 g/mol. The number of hydrogen-bond donors (Lipinski definition) is 2. The van der Waals surface area contributed by atoms with E-state index in [0.717, 1.165) is 42.4 Å². The zero-order valence-electron chi connectivity index (χ0n) is 13.9. The molecule has 2 heterocycles. The van der Waals surface area contributed by atoms with Crippen LogP contribution < -0.4 is 10.6 Å². The fraction of sp³-hybridized carbons (Fsp3) is 0.800. The zero-order chi connectivity index (χ0) is 15.8. The molecule has 124 valence electrons. The van der Waals surface area contributed by atoms with E-state index < -0.39 is 0 Å². The van der Waals surface area contributed by atoms with Gasteiger partial charge in [0, 0.05) is 25.4 Å². The summed E-state index contributed by atoms with van der Waals surface area (Å²) in [6.07, 6.45) is 4.98. The number of nitrogens with zero attached hydrogens (tertiary/aromatic N) is 4. The van der Waals surface area contributed by atoms with Crippen LogP contribution in [0.4, 0.5) is 0 Å². The highest BCUT2D eigenvalue weighted by Crippen LogP contribution is 2.25. The molecule has 1 saturated heterocycles. The van der Waals surface area contributed by atoms with Crippen molar-refractivity contribution in [3.8, 4) is 0 Å². The van der Waals surface area contributed by atoms with Gasteiger partial charge in [-0.15, -0.1) is 10.2 Å². The lowest BCUT2D eigenvalue weighted by atomic mass is 10.2. The average molecular weight is 324 g/mol. The van der Waals surface area contributed by atoms with Gasteiger partial charge >= 0.3 is 0 Å². The van der Waals surface area contributed by atoms with Gasteiger partial charge in [-0.2, -0.15) is 11.8 Å². The predicted molar refractivity (Wildman–Crippen MR) is 93.3 cm³/mol. The number of aliphatic imine (C=N–C) groups is 1. The number of rotatable bonds is 7. The van der Waals surface area contributed by atoms with Gasteiger partial charge in [0.2, 0.25) is 0 Å². The summed E-state index contributed by atoms with van der Waals surface area (Å²) in [7, 11) is 1.98. The fourth-order valence-corrected chi connectivity index (χ4v) is 3.51. The molecule has 1 unspecified atom stereocenters. The molecule has 0 saturated carbocycles. The third-order valence-corrected chi connectivity index (χ3v) is 5.30. The standard InChI is InChI=1S/C15H28N6S/c1-4-5-8-16-15(17-10-13-7-6-9-22-13)18-11-14-20-19-12(2)21(14)3/h13H,4-11H2,1-3H3,(H2,16,17,18). The molecule has 22 heavy (non-hydrogen) atoms. The molecule has 0 aliphatic carbocycles. The van der Waals surface area contributed by atoms with Crippen molar-refractivity contribution in [2.75, 3.05) is 18.8 Å². The molecule has 1 aliphatic heterocycles. The van der Waals surface area contributed by atoms with Gasteiger partial charge in [0.05, 0.1) is 0 Å². The van der Waals surface area contributed by atoms with Crippen LogP contribution in [0.5, 0.6) is 0 Å². The highest BCUT2D eigenvalue weighted by Gasteiger charge is 2.15. The molecule has 1 atom stereocenters. The Morgan fingerprint density at radius 2 is 2.27 bits per heavy atom. The van der Waals surface area contributed by atoms with E-state index in [-0.39, 0.29) is 0 Å². The summed E-state index contributed by atoms with van der Waals surface area (Å²) >= 11 is 2.06. The monoisotopic (exact) mass is 324 g/mol. The third kappa shape index (κ3) is 5.19. The first-order chi connectivity index (χ1) is 10.7. The van der Waals surface area contributed by atoms with Crippen molar-refractivity contribution >= 4 is 17.7 Å². The smallest absolute Gasteiger partial charge is 0.191 e. The minimum atomic E-state index is 0.552. The van der Waals surface area contributed by atoms with Crippen LogP contribution in [0, 0.1) is 6.92 Å². The van der Waals surface area contributed by atoms with Crippen LogP contribution in [-0.4, -0.2) is 44.8 Å². The molecule has 6 nitrogen and oxygen atoms in total. The highest BCUT2D eigenvalue weighted by atomic mass is 32.2. The van der Waals surface area contributed by atoms with Gasteiger partial charge in [0.15, 0.2) is 11.8 Å². The van der Waals surface area contributed by atoms with Gasteiger partial charge in [0.1, 0.15) is 12.4 Å². The van der Waals surface area contributed by atoms with Gasteiger partial charge in [-0.05, 0) is 31.9 Å². The van der Waals surface area contributed by atoms with E-state index in [0.29, 0.717) is 6.54 Å². The first kappa shape index (κ1) is 17.1. The Morgan fingerprint density at radius 3 is 2.91 bits per heavy atom. The fourth-order valence-electron chi connectivity index (χ4n) is 2.31. The lowest BCUT2D eigenvalue weighted by Crippen LogP contribution is -2.40. The van der Waals surface area contributed by atoms with Gasteiger partial charge in [0.25, 0.3) is 0 Å². The van der Waals surface area contributed by atoms with Crippen LogP contribution in [0.3, 0.4) is 0 Å². The lowest BCUT2D eigenvalue weighted by molar-refractivity contribution is 0.695. The summed E-state index contributed by atoms with van der Waals surface area (Å²) in [6.45, 7) is 6.65. The quantitative estimate of drug-likeness (QED) is 0.455. The summed E-state index contributed by atoms with van der Waals surface area (Å²) in [5.74, 6) is 3.99. The van der Waals surface area contributed by atoms with Crippen LogP contribution in [0.25, 0.3) is 0 Å². The third-order valence-electron chi connectivity index (χ3n) is 3.91. The number of aromatic nitrogens is 3. The Kier molecular flexibility index (Phi) is 7.02. The topological polar surface area (TPSA) is 67.1 Å². The SMILES string of the molecule is CCCCNC(=NCc1nnc(C)n1C)NCC1CCCS1. The van der Waals surface area contributed by atoms with E-state index in [1.165, 1.54) is 25.0 Å². The summed E-state index contributed by atoms with van der Waals surface area (Å²) in [6, 6.07) is 0. The molecule has 1 aliphatic rings. The number of aryl methyl sites for hydroxylation is 1. The zero-order valence-corrected chi connectivity index (χ0v) is 14.7. The van der Waals surface area contributed by atoms with Crippen LogP contribution in [-0.2, 0) is 13.6 Å². The maximum atomic E-state index is 4.66. The number of nitrogens with one attached hydrogen (secondary N) is 2. The number of guanidine groups is 1. The number of thioether (sulfide) groups is 1. The van der Waals surface area contributed by atoms with Crippen molar-refractivity contribution < 1.29 is 0 Å². The summed E-state index contributed by atoms with van der Waals surface area (Å²) in [4.78, 5) is 4.66. The normalized spacial score (nSPS) is 18.7. The minimum Gasteiger partial charge on any atom is -0.356 e. The Balaban J connectivity index is 1.89. The molecule has 0 radical (unpaired) electrons. The first-order valence-corrected chi connectivity index (χ1v) is 9.24. The van der Waals surface area contributed by atoms with E-state index in [2.05, 4.69) is 44.5 Å². The van der Waals surface area contributed by atoms with E-state index in [4.69, 9.17) is 0 Å². The highest BCUT2D eigenvalue weighted by molar-refractivity contribution is 8.00. The van der Waals surface area contributed by atoms with Gasteiger partial charge < -0.3 is 15.2 Å². The summed E-state index contributed by atoms with van der Waals surface area (Å²) in [5.41, 5.74) is 0. The Morgan fingerprint density at radius 1 is 1.41 bits per heavy atom. The molecule has 1 aromatic heterocycles. The largest absolute Gasteiger partial charge is 0.356 e. The Hall–Kier alpha value is -1.24. The first-order valence-electron chi connectivity index (χ1n) is 8.19. The molecule has 2 N–H and O–H groups in total. The van der Waals surface area contributed by atoms with Crippen LogP contribution >= 0.6 is 11.8 Å². The Labute approximate surface area is 137 Å². The second kappa shape index (κ2) is 9.02. The van der Waals surface area contributed by atoms with Gasteiger partial charge in [-0.1, -0.05) is 13.3 Å². The second-order valence-electron chi connectivity index (χ2n) is 5.68. The molecule has 0 aromatic carbocycles. The van der Waals surface area contributed by atoms with Gasteiger partial charge in [-0.3, -0.25) is 0 Å². The van der Waals surface area contributed by atoms with Crippen molar-refractivity contribution in [1.82, 2.24) is 25.4 Å². The van der Waals surface area contributed by atoms with Crippen LogP contribution in [0.2, 0.25) is 0 Å². The maximum absolute atomic E-state index is 4.66. The van der Waals surface area contributed by atoms with Crippen LogP contribution in [0.15, 0.2) is 4.99 Å². The molecule has 0 amide bonds. The molecule has 0 bridgehead atoms. The predicted octanol–water partition coefficient (Wildman–Crippen LogP) is 1.85. The summed E-state index contributed by atoms with van der Waals surface area (Å²) in [5, 5.41) is 15.9. The summed E-state index contributed by atoms with van der Waals surface area (Å²) < 4.78 is 1.99. The molecule has 7 heteroatoms. The number of unbranched alkanes of at least 4 members (excludes halogenated alkanes) is 1. The molecule has 1 fully saturated rings. The van der Waals surface area contributed by atoms with E-state index in [9.17, 15) is 0 Å². The lowest BCUT2D eigenvalue weighted by Gasteiger charge is -2.15. The maximum Gasteiger partial charge on any atom is 0.191 e. The Bertz CT molecular complexity index is 478. The molecule has 2 rings (SSSR count). The molecule has 1 aromatic rings. The second-order valence-corrected chi connectivity index (χ2v) is 7.09. The molecular formula is C15H28N6S. The van der Waals surface area contributed by atoms with E-state index in [1.807, 2.05) is 18.5 Å². The van der Waals surface area contributed by atoms with Crippen molar-refractivity contribution in [2.24, 2.45) is 12.0 Å². The van der Waals surface area contributed by atoms with Gasteiger partial charge in [-0.25, -0.2) is 4.99 Å². The molecule has 0 spiro atoms. The van der Waals surface area contributed by atoms with Crippen LogP contribution in [0.1, 0.15) is 44.3 Å². The average Bonchev–Trinajstić information content (AvgIpc) is 3.14. The van der Waals surface area contributed by atoms with Crippen molar-refractivity contribution in [3.05, 3.63) is 11.6 Å². The minimum absolute atomic E-state index is 0.552. The number of hydrogen-bond acceptors (Lipinski definition) is 4. The van der Waals surface area contributed by atoms with Crippen molar-refractivity contribution in [1.29, 1.82) is 0 Å². The van der Waals surface area contributed by atoms with Crippen molar-refractivity contribution in [2.45, 2.75) is 51.3 Å². The van der Waals surface area contributed by atoms with E-state index in [1.54, 1.807) is 0 Å². The van der Waals surface area contributed by atoms with E-state index >= 15 is 0 Å².